The standard InChI is InChI=1S/C19H21ClFNO2/c1-22-11-4-6-15(22)10-12-23-18-9-3-8-17(21)19(18)24-16-7-2-5-14(20)13-16/h2-3,5,7-9,13,15H,4,6,10-12H2,1H3/t15-/m0/s1. The van der Waals surface area contributed by atoms with Gasteiger partial charge in [0.15, 0.2) is 11.6 Å². The zero-order valence-corrected chi connectivity index (χ0v) is 14.4. The molecule has 5 heteroatoms. The van der Waals surface area contributed by atoms with Crippen molar-refractivity contribution in [2.75, 3.05) is 20.2 Å². The van der Waals surface area contributed by atoms with Gasteiger partial charge >= 0.3 is 0 Å². The number of para-hydroxylation sites is 1. The number of hydrogen-bond donors (Lipinski definition) is 0. The van der Waals surface area contributed by atoms with E-state index in [0.29, 0.717) is 29.2 Å². The van der Waals surface area contributed by atoms with Crippen molar-refractivity contribution in [2.24, 2.45) is 0 Å². The molecule has 0 bridgehead atoms. The van der Waals surface area contributed by atoms with Crippen molar-refractivity contribution in [2.45, 2.75) is 25.3 Å². The Morgan fingerprint density at radius 2 is 2.08 bits per heavy atom. The zero-order chi connectivity index (χ0) is 16.9. The smallest absolute Gasteiger partial charge is 0.204 e. The van der Waals surface area contributed by atoms with Gasteiger partial charge < -0.3 is 14.4 Å². The number of rotatable bonds is 6. The first-order valence-electron chi connectivity index (χ1n) is 8.18. The number of hydrogen-bond acceptors (Lipinski definition) is 3. The molecule has 0 amide bonds. The third kappa shape index (κ3) is 4.19. The second-order valence-corrected chi connectivity index (χ2v) is 6.48. The minimum atomic E-state index is -0.453. The van der Waals surface area contributed by atoms with Gasteiger partial charge in [0.25, 0.3) is 0 Å². The highest BCUT2D eigenvalue weighted by Gasteiger charge is 2.21. The molecule has 0 N–H and O–H groups in total. The minimum absolute atomic E-state index is 0.0968. The third-order valence-corrected chi connectivity index (χ3v) is 4.56. The van der Waals surface area contributed by atoms with Crippen LogP contribution in [-0.4, -0.2) is 31.1 Å². The summed E-state index contributed by atoms with van der Waals surface area (Å²) >= 11 is 5.95. The number of likely N-dealkylation sites (tertiary alicyclic amines) is 1. The minimum Gasteiger partial charge on any atom is -0.489 e. The summed E-state index contributed by atoms with van der Waals surface area (Å²) in [4.78, 5) is 2.35. The fraction of sp³-hybridized carbons (Fsp3) is 0.368. The SMILES string of the molecule is CN1CCC[C@H]1CCOc1cccc(F)c1Oc1cccc(Cl)c1. The molecule has 0 spiro atoms. The first-order chi connectivity index (χ1) is 11.6. The maximum Gasteiger partial charge on any atom is 0.204 e. The summed E-state index contributed by atoms with van der Waals surface area (Å²) in [6.07, 6.45) is 3.34. The molecule has 1 fully saturated rings. The highest BCUT2D eigenvalue weighted by Crippen LogP contribution is 2.35. The van der Waals surface area contributed by atoms with Gasteiger partial charge in [0.1, 0.15) is 5.75 Å². The molecule has 1 heterocycles. The highest BCUT2D eigenvalue weighted by molar-refractivity contribution is 6.30. The van der Waals surface area contributed by atoms with E-state index in [1.807, 2.05) is 0 Å². The first-order valence-corrected chi connectivity index (χ1v) is 8.56. The van der Waals surface area contributed by atoms with Crippen LogP contribution in [0.1, 0.15) is 19.3 Å². The molecule has 0 aliphatic carbocycles. The number of benzene rings is 2. The zero-order valence-electron chi connectivity index (χ0n) is 13.7. The normalized spacial score (nSPS) is 17.9. The quantitative estimate of drug-likeness (QED) is 0.721. The lowest BCUT2D eigenvalue weighted by Gasteiger charge is -2.20. The van der Waals surface area contributed by atoms with Crippen molar-refractivity contribution >= 4 is 11.6 Å². The molecule has 3 rings (SSSR count). The lowest BCUT2D eigenvalue weighted by molar-refractivity contribution is 0.228. The van der Waals surface area contributed by atoms with Crippen LogP contribution in [0.5, 0.6) is 17.2 Å². The van der Waals surface area contributed by atoms with Crippen LogP contribution in [0.15, 0.2) is 42.5 Å². The fourth-order valence-corrected chi connectivity index (χ4v) is 3.18. The average Bonchev–Trinajstić information content (AvgIpc) is 2.96. The van der Waals surface area contributed by atoms with E-state index in [-0.39, 0.29) is 5.75 Å². The Kier molecular flexibility index (Phi) is 5.59. The van der Waals surface area contributed by atoms with Crippen LogP contribution in [0.25, 0.3) is 0 Å². The van der Waals surface area contributed by atoms with E-state index in [2.05, 4.69) is 11.9 Å². The molecule has 3 nitrogen and oxygen atoms in total. The first kappa shape index (κ1) is 17.1. The Hall–Kier alpha value is -1.78. The van der Waals surface area contributed by atoms with Gasteiger partial charge in [-0.15, -0.1) is 0 Å². The van der Waals surface area contributed by atoms with E-state index in [4.69, 9.17) is 21.1 Å². The lowest BCUT2D eigenvalue weighted by Crippen LogP contribution is -2.26. The number of halogens is 2. The summed E-state index contributed by atoms with van der Waals surface area (Å²) in [6.45, 7) is 1.66. The molecule has 1 aliphatic heterocycles. The maximum absolute atomic E-state index is 14.2. The Bertz CT molecular complexity index is 695. The van der Waals surface area contributed by atoms with Gasteiger partial charge in [-0.1, -0.05) is 23.7 Å². The maximum atomic E-state index is 14.2. The van der Waals surface area contributed by atoms with Gasteiger partial charge in [0.05, 0.1) is 6.61 Å². The van der Waals surface area contributed by atoms with E-state index in [9.17, 15) is 4.39 Å². The van der Waals surface area contributed by atoms with Gasteiger partial charge in [-0.05, 0) is 63.2 Å². The van der Waals surface area contributed by atoms with Crippen LogP contribution < -0.4 is 9.47 Å². The van der Waals surface area contributed by atoms with Gasteiger partial charge in [0.2, 0.25) is 5.75 Å². The van der Waals surface area contributed by atoms with Gasteiger partial charge in [-0.2, -0.15) is 0 Å². The molecule has 1 aliphatic rings. The molecule has 2 aromatic rings. The van der Waals surface area contributed by atoms with Crippen LogP contribution >= 0.6 is 11.6 Å². The van der Waals surface area contributed by atoms with Crippen molar-refractivity contribution in [3.63, 3.8) is 0 Å². The molecule has 24 heavy (non-hydrogen) atoms. The predicted molar refractivity (Wildman–Crippen MR) is 93.7 cm³/mol. The Balaban J connectivity index is 1.68. The van der Waals surface area contributed by atoms with Crippen LogP contribution in [0.2, 0.25) is 5.02 Å². The summed E-state index contributed by atoms with van der Waals surface area (Å²) in [5.41, 5.74) is 0. The van der Waals surface area contributed by atoms with E-state index in [1.165, 1.54) is 18.9 Å². The average molecular weight is 350 g/mol. The molecule has 128 valence electrons. The molecule has 1 atom stereocenters. The van der Waals surface area contributed by atoms with Gasteiger partial charge in [-0.25, -0.2) is 4.39 Å². The largest absolute Gasteiger partial charge is 0.489 e. The van der Waals surface area contributed by atoms with E-state index in [0.717, 1.165) is 13.0 Å². The molecule has 1 saturated heterocycles. The number of ether oxygens (including phenoxy) is 2. The molecule has 0 aromatic heterocycles. The van der Waals surface area contributed by atoms with Crippen molar-refractivity contribution < 1.29 is 13.9 Å². The molecular weight excluding hydrogens is 329 g/mol. The lowest BCUT2D eigenvalue weighted by atomic mass is 10.1. The van der Waals surface area contributed by atoms with E-state index < -0.39 is 5.82 Å². The van der Waals surface area contributed by atoms with Gasteiger partial charge in [-0.3, -0.25) is 0 Å². The molecule has 0 unspecified atom stereocenters. The summed E-state index contributed by atoms with van der Waals surface area (Å²) in [5, 5.41) is 0.538. The van der Waals surface area contributed by atoms with Crippen LogP contribution in [0, 0.1) is 5.82 Å². The van der Waals surface area contributed by atoms with E-state index in [1.54, 1.807) is 36.4 Å². The van der Waals surface area contributed by atoms with Crippen LogP contribution in [-0.2, 0) is 0 Å². The summed E-state index contributed by atoms with van der Waals surface area (Å²) in [7, 11) is 2.13. The second kappa shape index (κ2) is 7.86. The molecule has 0 saturated carbocycles. The van der Waals surface area contributed by atoms with Gasteiger partial charge in [0, 0.05) is 11.1 Å². The summed E-state index contributed by atoms with van der Waals surface area (Å²) in [5.74, 6) is 0.536. The summed E-state index contributed by atoms with van der Waals surface area (Å²) < 4.78 is 25.7. The van der Waals surface area contributed by atoms with Crippen molar-refractivity contribution in [3.05, 3.63) is 53.3 Å². The Morgan fingerprint density at radius 3 is 2.83 bits per heavy atom. The topological polar surface area (TPSA) is 21.7 Å². The third-order valence-electron chi connectivity index (χ3n) is 4.33. The monoisotopic (exact) mass is 349 g/mol. The van der Waals surface area contributed by atoms with Crippen LogP contribution in [0.4, 0.5) is 4.39 Å². The van der Waals surface area contributed by atoms with Crippen molar-refractivity contribution in [1.29, 1.82) is 0 Å². The fourth-order valence-electron chi connectivity index (χ4n) is 3.00. The Labute approximate surface area is 146 Å². The van der Waals surface area contributed by atoms with Crippen molar-refractivity contribution in [3.8, 4) is 17.2 Å². The summed E-state index contributed by atoms with van der Waals surface area (Å²) in [6, 6.07) is 12.1. The molecule has 2 aromatic carbocycles. The number of nitrogens with zero attached hydrogens (tertiary/aromatic N) is 1. The second-order valence-electron chi connectivity index (χ2n) is 6.04. The highest BCUT2D eigenvalue weighted by atomic mass is 35.5. The molecule has 0 radical (unpaired) electrons. The van der Waals surface area contributed by atoms with Crippen LogP contribution in [0.3, 0.4) is 0 Å². The van der Waals surface area contributed by atoms with Crippen molar-refractivity contribution in [1.82, 2.24) is 4.90 Å². The van der Waals surface area contributed by atoms with E-state index >= 15 is 0 Å². The molecular formula is C19H21ClFNO2. The predicted octanol–water partition coefficient (Wildman–Crippen LogP) is 5.13. The Morgan fingerprint density at radius 1 is 1.25 bits per heavy atom.